The van der Waals surface area contributed by atoms with Gasteiger partial charge in [-0.25, -0.2) is 14.6 Å². The smallest absolute Gasteiger partial charge is 0.343 e. The summed E-state index contributed by atoms with van der Waals surface area (Å²) in [6.45, 7) is 3.83. The Morgan fingerprint density at radius 2 is 1.85 bits per heavy atom. The van der Waals surface area contributed by atoms with Crippen LogP contribution in [0.5, 0.6) is 5.75 Å². The van der Waals surface area contributed by atoms with Gasteiger partial charge in [0, 0.05) is 11.1 Å². The van der Waals surface area contributed by atoms with Gasteiger partial charge in [-0.2, -0.15) is 9.78 Å². The largest absolute Gasteiger partial charge is 0.494 e. The summed E-state index contributed by atoms with van der Waals surface area (Å²) < 4.78 is 12.0. The van der Waals surface area contributed by atoms with Crippen LogP contribution < -0.4 is 15.4 Å². The van der Waals surface area contributed by atoms with Gasteiger partial charge in [0.2, 0.25) is 0 Å². The number of rotatable bonds is 6. The highest BCUT2D eigenvalue weighted by atomic mass is 16.5. The molecule has 9 heteroatoms. The van der Waals surface area contributed by atoms with Crippen LogP contribution in [-0.4, -0.2) is 40.5 Å². The minimum absolute atomic E-state index is 0.111. The van der Waals surface area contributed by atoms with Gasteiger partial charge < -0.3 is 14.8 Å². The molecule has 2 amide bonds. The average molecular weight is 445 g/mol. The summed E-state index contributed by atoms with van der Waals surface area (Å²) in [6, 6.07) is 15.9. The van der Waals surface area contributed by atoms with Crippen LogP contribution in [0.25, 0.3) is 16.7 Å². The number of aryl methyl sites for hydroxylation is 1. The topological polar surface area (TPSA) is 107 Å². The van der Waals surface area contributed by atoms with Gasteiger partial charge in [0.1, 0.15) is 16.8 Å². The Bertz CT molecular complexity index is 1320. The number of aromatic nitrogens is 3. The molecule has 4 aromatic rings. The lowest BCUT2D eigenvalue weighted by Gasteiger charge is -2.13. The third kappa shape index (κ3) is 4.47. The van der Waals surface area contributed by atoms with Crippen molar-refractivity contribution in [1.82, 2.24) is 14.8 Å². The van der Waals surface area contributed by atoms with E-state index in [1.54, 1.807) is 38.3 Å². The summed E-state index contributed by atoms with van der Waals surface area (Å²) in [5.74, 6) is 0.554. The number of anilines is 2. The number of para-hydroxylation sites is 2. The Morgan fingerprint density at radius 3 is 2.58 bits per heavy atom. The van der Waals surface area contributed by atoms with Crippen molar-refractivity contribution in [3.63, 3.8) is 0 Å². The molecule has 0 aliphatic rings. The number of hydrogen-bond acceptors (Lipinski definition) is 6. The van der Waals surface area contributed by atoms with E-state index in [-0.39, 0.29) is 18.0 Å². The van der Waals surface area contributed by atoms with E-state index in [0.717, 1.165) is 10.9 Å². The Balaban J connectivity index is 1.78. The Hall–Kier alpha value is -4.40. The highest BCUT2D eigenvalue weighted by Crippen LogP contribution is 2.29. The molecule has 2 aromatic heterocycles. The van der Waals surface area contributed by atoms with Crippen molar-refractivity contribution in [2.24, 2.45) is 0 Å². The first-order valence-corrected chi connectivity index (χ1v) is 10.3. The van der Waals surface area contributed by atoms with Crippen LogP contribution in [0.3, 0.4) is 0 Å². The van der Waals surface area contributed by atoms with E-state index < -0.39 is 12.0 Å². The van der Waals surface area contributed by atoms with Gasteiger partial charge in [0.25, 0.3) is 0 Å². The number of ether oxygens (including phenoxy) is 2. The number of pyridine rings is 1. The van der Waals surface area contributed by atoms with E-state index in [0.29, 0.717) is 22.8 Å². The summed E-state index contributed by atoms with van der Waals surface area (Å²) in [7, 11) is 1.58. The van der Waals surface area contributed by atoms with Crippen LogP contribution in [0.1, 0.15) is 22.8 Å². The molecule has 0 saturated heterocycles. The fourth-order valence-corrected chi connectivity index (χ4v) is 3.44. The van der Waals surface area contributed by atoms with Gasteiger partial charge in [-0.3, -0.25) is 5.32 Å². The van der Waals surface area contributed by atoms with Gasteiger partial charge in [0.05, 0.1) is 19.9 Å². The second-order valence-corrected chi connectivity index (χ2v) is 7.14. The normalized spacial score (nSPS) is 10.6. The maximum Gasteiger partial charge on any atom is 0.343 e. The number of urea groups is 1. The summed E-state index contributed by atoms with van der Waals surface area (Å²) in [5.41, 5.74) is 2.28. The minimum atomic E-state index is -0.603. The second kappa shape index (κ2) is 9.39. The van der Waals surface area contributed by atoms with Crippen LogP contribution in [0.2, 0.25) is 0 Å². The molecular weight excluding hydrogens is 422 g/mol. The molecule has 0 fully saturated rings. The molecule has 9 nitrogen and oxygen atoms in total. The van der Waals surface area contributed by atoms with Gasteiger partial charge in [-0.05, 0) is 43.7 Å². The molecule has 0 bridgehead atoms. The lowest BCUT2D eigenvalue weighted by molar-refractivity contribution is 0.0527. The molecule has 2 aromatic carbocycles. The first-order valence-electron chi connectivity index (χ1n) is 10.3. The lowest BCUT2D eigenvalue weighted by atomic mass is 10.1. The number of fused-ring (bicyclic) bond motifs is 1. The van der Waals surface area contributed by atoms with Crippen LogP contribution in [-0.2, 0) is 4.74 Å². The monoisotopic (exact) mass is 445 g/mol. The summed E-state index contributed by atoms with van der Waals surface area (Å²) in [6.07, 6.45) is 1.35. The second-order valence-electron chi connectivity index (χ2n) is 7.14. The zero-order valence-electron chi connectivity index (χ0n) is 18.5. The fraction of sp³-hybridized carbons (Fsp3) is 0.167. The number of esters is 1. The molecule has 0 spiro atoms. The number of nitrogens with one attached hydrogen (secondary N) is 2. The molecule has 0 aliphatic carbocycles. The van der Waals surface area contributed by atoms with Crippen LogP contribution in [0.15, 0.2) is 60.8 Å². The van der Waals surface area contributed by atoms with E-state index in [1.165, 1.54) is 10.9 Å². The Labute approximate surface area is 190 Å². The maximum absolute atomic E-state index is 12.7. The van der Waals surface area contributed by atoms with Crippen LogP contribution in [0.4, 0.5) is 16.3 Å². The number of hydrogen-bond donors (Lipinski definition) is 2. The van der Waals surface area contributed by atoms with E-state index in [4.69, 9.17) is 14.5 Å². The molecule has 4 rings (SSSR count). The van der Waals surface area contributed by atoms with Gasteiger partial charge >= 0.3 is 12.0 Å². The summed E-state index contributed by atoms with van der Waals surface area (Å²) in [5, 5.41) is 10.7. The first kappa shape index (κ1) is 21.8. The van der Waals surface area contributed by atoms with Gasteiger partial charge in [0.15, 0.2) is 11.6 Å². The number of methoxy groups -OCH3 is 1. The summed E-state index contributed by atoms with van der Waals surface area (Å²) >= 11 is 0. The highest BCUT2D eigenvalue weighted by molar-refractivity contribution is 6.04. The third-order valence-corrected chi connectivity index (χ3v) is 4.96. The van der Waals surface area contributed by atoms with Crippen molar-refractivity contribution in [2.45, 2.75) is 13.8 Å². The maximum atomic E-state index is 12.7. The van der Waals surface area contributed by atoms with Crippen molar-refractivity contribution >= 4 is 34.4 Å². The van der Waals surface area contributed by atoms with Crippen LogP contribution >= 0.6 is 0 Å². The average Bonchev–Trinajstić information content (AvgIpc) is 3.23. The number of carbonyl (C=O) groups is 2. The molecule has 0 aliphatic heterocycles. The van der Waals surface area contributed by atoms with Gasteiger partial charge in [-0.15, -0.1) is 0 Å². The van der Waals surface area contributed by atoms with Crippen molar-refractivity contribution in [3.8, 4) is 11.6 Å². The highest BCUT2D eigenvalue weighted by Gasteiger charge is 2.23. The molecule has 0 radical (unpaired) electrons. The van der Waals surface area contributed by atoms with E-state index in [1.807, 2.05) is 37.3 Å². The molecule has 2 N–H and O–H groups in total. The van der Waals surface area contributed by atoms with E-state index in [2.05, 4.69) is 15.7 Å². The third-order valence-electron chi connectivity index (χ3n) is 4.96. The zero-order valence-corrected chi connectivity index (χ0v) is 18.5. The van der Waals surface area contributed by atoms with Crippen molar-refractivity contribution in [3.05, 3.63) is 71.9 Å². The number of nitrogens with zero attached hydrogens (tertiary/aromatic N) is 3. The number of carbonyl (C=O) groups excluding carboxylic acids is 2. The van der Waals surface area contributed by atoms with Crippen molar-refractivity contribution in [2.75, 3.05) is 24.4 Å². The Morgan fingerprint density at radius 1 is 1.06 bits per heavy atom. The predicted octanol–water partition coefficient (Wildman–Crippen LogP) is 4.56. The van der Waals surface area contributed by atoms with Gasteiger partial charge in [-0.1, -0.05) is 30.3 Å². The Kier molecular flexibility index (Phi) is 6.21. The lowest BCUT2D eigenvalue weighted by Crippen LogP contribution is -2.23. The van der Waals surface area contributed by atoms with E-state index >= 15 is 0 Å². The molecule has 168 valence electrons. The molecule has 0 atom stereocenters. The van der Waals surface area contributed by atoms with Crippen molar-refractivity contribution in [1.29, 1.82) is 0 Å². The SMILES string of the molecule is CCOC(=O)c1cnn(-c2cc(C)c3cccc(OC)c3n2)c1NC(=O)Nc1ccccc1. The summed E-state index contributed by atoms with van der Waals surface area (Å²) in [4.78, 5) is 30.0. The van der Waals surface area contributed by atoms with Crippen molar-refractivity contribution < 1.29 is 19.1 Å². The molecule has 0 unspecified atom stereocenters. The zero-order chi connectivity index (χ0) is 23.4. The predicted molar refractivity (Wildman–Crippen MR) is 125 cm³/mol. The quantitative estimate of drug-likeness (QED) is 0.422. The number of amides is 2. The fourth-order valence-electron chi connectivity index (χ4n) is 3.44. The standard InChI is InChI=1S/C24H23N5O4/c1-4-33-23(30)18-14-25-29(22(18)28-24(31)26-16-9-6-5-7-10-16)20-13-15(2)17-11-8-12-19(32-3)21(17)27-20/h5-14H,4H2,1-3H3,(H2,26,28,31). The molecular formula is C24H23N5O4. The molecule has 33 heavy (non-hydrogen) atoms. The molecule has 0 saturated carbocycles. The number of benzene rings is 2. The first-order chi connectivity index (χ1) is 16.0. The van der Waals surface area contributed by atoms with E-state index in [9.17, 15) is 9.59 Å². The minimum Gasteiger partial charge on any atom is -0.494 e. The van der Waals surface area contributed by atoms with Crippen LogP contribution in [0, 0.1) is 6.92 Å². The molecule has 2 heterocycles.